The zero-order valence-electron chi connectivity index (χ0n) is 9.40. The van der Waals surface area contributed by atoms with Crippen molar-refractivity contribution in [2.24, 2.45) is 0 Å². The van der Waals surface area contributed by atoms with Crippen molar-refractivity contribution in [3.05, 3.63) is 17.5 Å². The maximum Gasteiger partial charge on any atom is 0.239 e. The molecule has 1 rings (SSSR count). The number of aromatic nitrogens is 2. The average Bonchev–Trinajstić information content (AvgIpc) is 2.26. The molecule has 6 heteroatoms. The van der Waals surface area contributed by atoms with Crippen molar-refractivity contribution in [2.45, 2.75) is 13.3 Å². The van der Waals surface area contributed by atoms with Crippen LogP contribution in [0.1, 0.15) is 13.3 Å². The molecule has 88 valence electrons. The average molecular weight is 243 g/mol. The summed E-state index contributed by atoms with van der Waals surface area (Å²) in [6, 6.07) is 1.62. The molecule has 0 atom stereocenters. The summed E-state index contributed by atoms with van der Waals surface area (Å²) < 4.78 is 0. The Hall–Kier alpha value is -1.36. The number of hydrogen-bond acceptors (Lipinski definition) is 4. The maximum atomic E-state index is 11.4. The lowest BCUT2D eigenvalue weighted by Crippen LogP contribution is -2.35. The van der Waals surface area contributed by atoms with Crippen LogP contribution in [0.5, 0.6) is 0 Å². The number of carbonyl (C=O) groups is 1. The Labute approximate surface area is 99.8 Å². The zero-order chi connectivity index (χ0) is 12.0. The molecule has 0 aliphatic carbocycles. The molecule has 0 saturated carbocycles. The summed E-state index contributed by atoms with van der Waals surface area (Å²) in [6.07, 6.45) is 2.30. The highest BCUT2D eigenvalue weighted by molar-refractivity contribution is 6.29. The number of halogens is 1. The lowest BCUT2D eigenvalue weighted by atomic mass is 10.4. The van der Waals surface area contributed by atoms with Crippen molar-refractivity contribution in [2.75, 3.05) is 25.0 Å². The molecule has 1 heterocycles. The molecule has 1 amide bonds. The minimum Gasteiger partial charge on any atom is -0.355 e. The summed E-state index contributed by atoms with van der Waals surface area (Å²) in [4.78, 5) is 21.0. The van der Waals surface area contributed by atoms with Gasteiger partial charge in [0.15, 0.2) is 0 Å². The predicted molar refractivity (Wildman–Crippen MR) is 63.6 cm³/mol. The molecule has 0 saturated heterocycles. The SMILES string of the molecule is CCCNC(=O)CN(C)c1cc(Cl)ncn1. The van der Waals surface area contributed by atoms with Crippen molar-refractivity contribution in [3.63, 3.8) is 0 Å². The van der Waals surface area contributed by atoms with Crippen LogP contribution in [-0.2, 0) is 4.79 Å². The topological polar surface area (TPSA) is 58.1 Å². The van der Waals surface area contributed by atoms with Gasteiger partial charge in [-0.3, -0.25) is 4.79 Å². The number of carbonyl (C=O) groups excluding carboxylic acids is 1. The van der Waals surface area contributed by atoms with E-state index in [1.165, 1.54) is 6.33 Å². The molecular formula is C10H15ClN4O. The van der Waals surface area contributed by atoms with Gasteiger partial charge in [-0.05, 0) is 6.42 Å². The molecule has 1 aromatic heterocycles. The molecule has 0 aliphatic rings. The molecule has 0 aliphatic heterocycles. The van der Waals surface area contributed by atoms with Crippen LogP contribution in [0, 0.1) is 0 Å². The van der Waals surface area contributed by atoms with Gasteiger partial charge in [-0.15, -0.1) is 0 Å². The van der Waals surface area contributed by atoms with Gasteiger partial charge in [-0.1, -0.05) is 18.5 Å². The number of rotatable bonds is 5. The third kappa shape index (κ3) is 4.02. The standard InChI is InChI=1S/C10H15ClN4O/c1-3-4-12-10(16)6-15(2)9-5-8(11)13-7-14-9/h5,7H,3-4,6H2,1-2H3,(H,12,16). The predicted octanol–water partition coefficient (Wildman–Crippen LogP) is 1.09. The van der Waals surface area contributed by atoms with Crippen LogP contribution in [0.25, 0.3) is 0 Å². The largest absolute Gasteiger partial charge is 0.355 e. The highest BCUT2D eigenvalue weighted by atomic mass is 35.5. The maximum absolute atomic E-state index is 11.4. The number of nitrogens with zero attached hydrogens (tertiary/aromatic N) is 3. The van der Waals surface area contributed by atoms with Gasteiger partial charge < -0.3 is 10.2 Å². The molecule has 0 radical (unpaired) electrons. The number of amides is 1. The van der Waals surface area contributed by atoms with E-state index in [1.54, 1.807) is 18.0 Å². The van der Waals surface area contributed by atoms with Gasteiger partial charge in [-0.25, -0.2) is 9.97 Å². The van der Waals surface area contributed by atoms with E-state index in [4.69, 9.17) is 11.6 Å². The number of nitrogens with one attached hydrogen (secondary N) is 1. The van der Waals surface area contributed by atoms with Crippen LogP contribution in [-0.4, -0.2) is 36.0 Å². The first-order valence-corrected chi connectivity index (χ1v) is 5.46. The Morgan fingerprint density at radius 3 is 2.94 bits per heavy atom. The molecule has 0 unspecified atom stereocenters. The van der Waals surface area contributed by atoms with E-state index in [2.05, 4.69) is 15.3 Å². The van der Waals surface area contributed by atoms with Gasteiger partial charge in [0, 0.05) is 19.7 Å². The fraction of sp³-hybridized carbons (Fsp3) is 0.500. The third-order valence-electron chi connectivity index (χ3n) is 1.96. The summed E-state index contributed by atoms with van der Waals surface area (Å²) in [5, 5.41) is 3.16. The van der Waals surface area contributed by atoms with Crippen LogP contribution < -0.4 is 10.2 Å². The van der Waals surface area contributed by atoms with Gasteiger partial charge in [0.1, 0.15) is 17.3 Å². The smallest absolute Gasteiger partial charge is 0.239 e. The molecule has 0 bridgehead atoms. The molecule has 5 nitrogen and oxygen atoms in total. The monoisotopic (exact) mass is 242 g/mol. The second-order valence-electron chi connectivity index (χ2n) is 3.40. The third-order valence-corrected chi connectivity index (χ3v) is 2.17. The Morgan fingerprint density at radius 1 is 1.56 bits per heavy atom. The Morgan fingerprint density at radius 2 is 2.31 bits per heavy atom. The van der Waals surface area contributed by atoms with Crippen molar-refractivity contribution in [1.82, 2.24) is 15.3 Å². The molecule has 1 N–H and O–H groups in total. The minimum atomic E-state index is -0.0286. The van der Waals surface area contributed by atoms with E-state index in [-0.39, 0.29) is 12.5 Å². The van der Waals surface area contributed by atoms with E-state index < -0.39 is 0 Å². The van der Waals surface area contributed by atoms with Crippen LogP contribution in [0.4, 0.5) is 5.82 Å². The summed E-state index contributed by atoms with van der Waals surface area (Å²) in [6.45, 7) is 2.96. The molecule has 0 fully saturated rings. The number of likely N-dealkylation sites (N-methyl/N-ethyl adjacent to an activating group) is 1. The number of anilines is 1. The van der Waals surface area contributed by atoms with Gasteiger partial charge in [-0.2, -0.15) is 0 Å². The second kappa shape index (κ2) is 6.27. The van der Waals surface area contributed by atoms with Crippen molar-refractivity contribution in [1.29, 1.82) is 0 Å². The van der Waals surface area contributed by atoms with Gasteiger partial charge in [0.05, 0.1) is 6.54 Å². The fourth-order valence-corrected chi connectivity index (χ4v) is 1.29. The highest BCUT2D eigenvalue weighted by Crippen LogP contribution is 2.11. The quantitative estimate of drug-likeness (QED) is 0.786. The van der Waals surface area contributed by atoms with E-state index in [9.17, 15) is 4.79 Å². The van der Waals surface area contributed by atoms with E-state index in [1.807, 2.05) is 6.92 Å². The lowest BCUT2D eigenvalue weighted by molar-refractivity contribution is -0.119. The summed E-state index contributed by atoms with van der Waals surface area (Å²) in [5.74, 6) is 0.603. The Kier molecular flexibility index (Phi) is 4.98. The van der Waals surface area contributed by atoms with Crippen LogP contribution >= 0.6 is 11.6 Å². The minimum absolute atomic E-state index is 0.0286. The van der Waals surface area contributed by atoms with E-state index in [0.29, 0.717) is 17.5 Å². The molecule has 0 spiro atoms. The first-order chi connectivity index (χ1) is 7.63. The summed E-state index contributed by atoms with van der Waals surface area (Å²) >= 11 is 5.73. The van der Waals surface area contributed by atoms with E-state index >= 15 is 0 Å². The van der Waals surface area contributed by atoms with Gasteiger partial charge in [0.2, 0.25) is 5.91 Å². The lowest BCUT2D eigenvalue weighted by Gasteiger charge is -2.17. The summed E-state index contributed by atoms with van der Waals surface area (Å²) in [7, 11) is 1.78. The van der Waals surface area contributed by atoms with Gasteiger partial charge >= 0.3 is 0 Å². The molecule has 1 aromatic rings. The Balaban J connectivity index is 2.52. The van der Waals surface area contributed by atoms with Crippen LogP contribution in [0.3, 0.4) is 0 Å². The molecule has 16 heavy (non-hydrogen) atoms. The molecular weight excluding hydrogens is 228 g/mol. The highest BCUT2D eigenvalue weighted by Gasteiger charge is 2.08. The van der Waals surface area contributed by atoms with E-state index in [0.717, 1.165) is 6.42 Å². The fourth-order valence-electron chi connectivity index (χ4n) is 1.15. The van der Waals surface area contributed by atoms with Gasteiger partial charge in [0.25, 0.3) is 0 Å². The Bertz CT molecular complexity index is 358. The van der Waals surface area contributed by atoms with Crippen molar-refractivity contribution in [3.8, 4) is 0 Å². The number of hydrogen-bond donors (Lipinski definition) is 1. The first-order valence-electron chi connectivity index (χ1n) is 5.09. The second-order valence-corrected chi connectivity index (χ2v) is 3.79. The van der Waals surface area contributed by atoms with Crippen LogP contribution in [0.15, 0.2) is 12.4 Å². The van der Waals surface area contributed by atoms with Crippen LogP contribution in [0.2, 0.25) is 5.15 Å². The normalized spacial score (nSPS) is 9.94. The van der Waals surface area contributed by atoms with Crippen molar-refractivity contribution < 1.29 is 4.79 Å². The summed E-state index contributed by atoms with van der Waals surface area (Å²) in [5.41, 5.74) is 0. The first kappa shape index (κ1) is 12.7. The zero-order valence-corrected chi connectivity index (χ0v) is 10.2. The van der Waals surface area contributed by atoms with Crippen molar-refractivity contribution >= 4 is 23.3 Å². The molecule has 0 aromatic carbocycles.